The predicted molar refractivity (Wildman–Crippen MR) is 123 cm³/mol. The second-order valence-corrected chi connectivity index (χ2v) is 7.98. The van der Waals surface area contributed by atoms with Crippen LogP contribution in [-0.2, 0) is 32.1 Å². The van der Waals surface area contributed by atoms with Crippen LogP contribution in [0.1, 0.15) is 23.6 Å². The van der Waals surface area contributed by atoms with Gasteiger partial charge in [-0.25, -0.2) is 9.69 Å². The lowest BCUT2D eigenvalue weighted by atomic mass is 9.87. The van der Waals surface area contributed by atoms with E-state index in [0.29, 0.717) is 12.1 Å². The Labute approximate surface area is 191 Å². The van der Waals surface area contributed by atoms with Gasteiger partial charge in [0.2, 0.25) is 0 Å². The van der Waals surface area contributed by atoms with Crippen LogP contribution in [-0.4, -0.2) is 67.3 Å². The van der Waals surface area contributed by atoms with E-state index < -0.39 is 24.5 Å². The topological polar surface area (TPSA) is 101 Å². The van der Waals surface area contributed by atoms with E-state index in [0.717, 1.165) is 40.2 Å². The van der Waals surface area contributed by atoms with E-state index in [2.05, 4.69) is 15.4 Å². The van der Waals surface area contributed by atoms with E-state index in [-0.39, 0.29) is 12.3 Å². The van der Waals surface area contributed by atoms with E-state index in [4.69, 9.17) is 9.57 Å². The van der Waals surface area contributed by atoms with Crippen molar-refractivity contribution in [1.29, 1.82) is 0 Å². The third kappa shape index (κ3) is 4.45. The molecule has 0 spiro atoms. The Bertz CT molecular complexity index is 1130. The number of nitrogens with one attached hydrogen (secondary N) is 1. The van der Waals surface area contributed by atoms with Crippen LogP contribution in [0.3, 0.4) is 0 Å². The van der Waals surface area contributed by atoms with Crippen molar-refractivity contribution in [3.63, 3.8) is 0 Å². The molecule has 1 N–H and O–H groups in total. The number of ether oxygens (including phenoxy) is 1. The first kappa shape index (κ1) is 22.5. The number of hydrogen-bond acceptors (Lipinski definition) is 7. The van der Waals surface area contributed by atoms with Crippen molar-refractivity contribution in [1.82, 2.24) is 9.80 Å². The molecule has 0 fully saturated rings. The standard InChI is InChI=1S/C24H26N4O5/c1-4-32-24(31)28(3)20(29)14-33-26-22-18-12-17(15-8-6-5-7-9-15)16-10-11-27(2)13-19(16)21(18)25-23(22)30/h5-9,12H,4,10-11,13-14H2,1-3H3,(H,25,26,30). The van der Waals surface area contributed by atoms with Gasteiger partial charge < -0.3 is 19.8 Å². The lowest BCUT2D eigenvalue weighted by molar-refractivity contribution is -0.133. The molecule has 0 saturated heterocycles. The van der Waals surface area contributed by atoms with Crippen molar-refractivity contribution in [2.75, 3.05) is 39.2 Å². The Morgan fingerprint density at radius 1 is 1.18 bits per heavy atom. The van der Waals surface area contributed by atoms with Gasteiger partial charge in [-0.1, -0.05) is 35.5 Å². The summed E-state index contributed by atoms with van der Waals surface area (Å²) in [5.74, 6) is -1.02. The van der Waals surface area contributed by atoms with Gasteiger partial charge in [0.25, 0.3) is 11.8 Å². The highest BCUT2D eigenvalue weighted by atomic mass is 16.6. The van der Waals surface area contributed by atoms with Gasteiger partial charge in [-0.15, -0.1) is 0 Å². The van der Waals surface area contributed by atoms with Crippen molar-refractivity contribution >= 4 is 29.3 Å². The Hall–Kier alpha value is -3.72. The molecule has 0 unspecified atom stereocenters. The molecular weight excluding hydrogens is 424 g/mol. The van der Waals surface area contributed by atoms with Crippen LogP contribution in [0.5, 0.6) is 0 Å². The average Bonchev–Trinajstić information content (AvgIpc) is 3.14. The van der Waals surface area contributed by atoms with Crippen molar-refractivity contribution in [3.8, 4) is 11.1 Å². The minimum Gasteiger partial charge on any atom is -0.449 e. The van der Waals surface area contributed by atoms with Crippen LogP contribution in [0.15, 0.2) is 41.6 Å². The van der Waals surface area contributed by atoms with Gasteiger partial charge in [0.1, 0.15) is 0 Å². The molecule has 0 atom stereocenters. The molecule has 0 radical (unpaired) electrons. The van der Waals surface area contributed by atoms with Gasteiger partial charge in [0.15, 0.2) is 12.3 Å². The summed E-state index contributed by atoms with van der Waals surface area (Å²) in [6, 6.07) is 12.0. The zero-order chi connectivity index (χ0) is 23.5. The average molecular weight is 450 g/mol. The summed E-state index contributed by atoms with van der Waals surface area (Å²) in [5, 5.41) is 6.89. The summed E-state index contributed by atoms with van der Waals surface area (Å²) in [6.45, 7) is 2.94. The minimum absolute atomic E-state index is 0.102. The third-order valence-corrected chi connectivity index (χ3v) is 5.77. The number of hydrogen-bond donors (Lipinski definition) is 1. The first-order valence-corrected chi connectivity index (χ1v) is 10.8. The first-order chi connectivity index (χ1) is 15.9. The lowest BCUT2D eigenvalue weighted by Gasteiger charge is -2.29. The van der Waals surface area contributed by atoms with Crippen LogP contribution >= 0.6 is 0 Å². The second-order valence-electron chi connectivity index (χ2n) is 7.98. The molecule has 33 heavy (non-hydrogen) atoms. The lowest BCUT2D eigenvalue weighted by Crippen LogP contribution is -2.36. The minimum atomic E-state index is -0.772. The fourth-order valence-corrected chi connectivity index (χ4v) is 4.05. The molecule has 9 nitrogen and oxygen atoms in total. The summed E-state index contributed by atoms with van der Waals surface area (Å²) in [5.41, 5.74) is 5.87. The number of oxime groups is 1. The van der Waals surface area contributed by atoms with E-state index in [1.807, 2.05) is 43.4 Å². The Morgan fingerprint density at radius 2 is 1.94 bits per heavy atom. The maximum Gasteiger partial charge on any atom is 0.416 e. The number of likely N-dealkylation sites (N-methyl/N-ethyl adjacent to an activating group) is 2. The molecule has 0 aliphatic carbocycles. The number of nitrogens with zero attached hydrogens (tertiary/aromatic N) is 3. The molecule has 2 heterocycles. The van der Waals surface area contributed by atoms with Gasteiger partial charge in [-0.2, -0.15) is 0 Å². The van der Waals surface area contributed by atoms with Gasteiger partial charge in [-0.3, -0.25) is 9.59 Å². The largest absolute Gasteiger partial charge is 0.449 e. The zero-order valence-electron chi connectivity index (χ0n) is 18.9. The number of benzene rings is 2. The molecular formula is C24H26N4O5. The Balaban J connectivity index is 1.65. The fraction of sp³-hybridized carbons (Fsp3) is 0.333. The Morgan fingerprint density at radius 3 is 2.67 bits per heavy atom. The number of rotatable bonds is 5. The van der Waals surface area contributed by atoms with Gasteiger partial charge in [-0.05, 0) is 48.7 Å². The molecule has 0 bridgehead atoms. The fourth-order valence-electron chi connectivity index (χ4n) is 4.05. The normalized spacial score (nSPS) is 16.1. The van der Waals surface area contributed by atoms with E-state index in [1.165, 1.54) is 12.6 Å². The maximum absolute atomic E-state index is 12.7. The summed E-state index contributed by atoms with van der Waals surface area (Å²) in [7, 11) is 3.34. The van der Waals surface area contributed by atoms with Crippen LogP contribution < -0.4 is 5.32 Å². The molecule has 172 valence electrons. The summed E-state index contributed by atoms with van der Waals surface area (Å²) in [6.07, 6.45) is 0.0996. The molecule has 4 rings (SSSR count). The van der Waals surface area contributed by atoms with Crippen LogP contribution in [0.2, 0.25) is 0 Å². The molecule has 3 amide bonds. The number of fused-ring (bicyclic) bond motifs is 3. The molecule has 0 aromatic heterocycles. The zero-order valence-corrected chi connectivity index (χ0v) is 18.9. The number of amides is 3. The van der Waals surface area contributed by atoms with Gasteiger partial charge in [0, 0.05) is 25.7 Å². The quantitative estimate of drug-likeness (QED) is 0.703. The van der Waals surface area contributed by atoms with Crippen molar-refractivity contribution in [2.24, 2.45) is 5.16 Å². The van der Waals surface area contributed by atoms with Gasteiger partial charge in [0.05, 0.1) is 12.3 Å². The maximum atomic E-state index is 12.7. The first-order valence-electron chi connectivity index (χ1n) is 10.8. The highest BCUT2D eigenvalue weighted by Crippen LogP contribution is 2.40. The summed E-state index contributed by atoms with van der Waals surface area (Å²) in [4.78, 5) is 44.8. The molecule has 2 aliphatic rings. The van der Waals surface area contributed by atoms with E-state index in [1.54, 1.807) is 6.92 Å². The number of imide groups is 1. The second kappa shape index (κ2) is 9.41. The number of carbonyl (C=O) groups excluding carboxylic acids is 3. The number of anilines is 1. The SMILES string of the molecule is CCOC(=O)N(C)C(=O)CON=C1C(=O)Nc2c1cc(-c1ccccc1)c1c2CN(C)CC1. The summed E-state index contributed by atoms with van der Waals surface area (Å²) < 4.78 is 4.79. The van der Waals surface area contributed by atoms with Crippen LogP contribution in [0.4, 0.5) is 10.5 Å². The molecule has 0 saturated carbocycles. The van der Waals surface area contributed by atoms with Crippen molar-refractivity contribution in [3.05, 3.63) is 53.1 Å². The Kier molecular flexibility index (Phi) is 6.41. The third-order valence-electron chi connectivity index (χ3n) is 5.77. The van der Waals surface area contributed by atoms with Crippen molar-refractivity contribution < 1.29 is 24.0 Å². The highest BCUT2D eigenvalue weighted by molar-refractivity contribution is 6.54. The molecule has 2 aliphatic heterocycles. The smallest absolute Gasteiger partial charge is 0.416 e. The van der Waals surface area contributed by atoms with E-state index >= 15 is 0 Å². The monoisotopic (exact) mass is 450 g/mol. The van der Waals surface area contributed by atoms with Gasteiger partial charge >= 0.3 is 6.09 Å². The summed E-state index contributed by atoms with van der Waals surface area (Å²) >= 11 is 0. The van der Waals surface area contributed by atoms with Crippen LogP contribution in [0, 0.1) is 0 Å². The molecule has 2 aromatic carbocycles. The van der Waals surface area contributed by atoms with Crippen molar-refractivity contribution in [2.45, 2.75) is 19.9 Å². The molecule has 9 heteroatoms. The highest BCUT2D eigenvalue weighted by Gasteiger charge is 2.33. The van der Waals surface area contributed by atoms with Crippen LogP contribution in [0.25, 0.3) is 11.1 Å². The van der Waals surface area contributed by atoms with E-state index in [9.17, 15) is 14.4 Å². The number of carbonyl (C=O) groups is 3. The molecule has 2 aromatic rings. The predicted octanol–water partition coefficient (Wildman–Crippen LogP) is 2.63.